The molecule has 2 unspecified atom stereocenters. The number of nitrogens with two attached hydrogens (primary N) is 1. The Bertz CT molecular complexity index is 440. The highest BCUT2D eigenvalue weighted by Gasteiger charge is 2.51. The smallest absolute Gasteiger partial charge is 0.307 e. The van der Waals surface area contributed by atoms with E-state index in [1.807, 2.05) is 12.2 Å². The molecule has 0 heterocycles. The molecule has 110 valence electrons. The molecule has 0 aromatic carbocycles. The molecule has 0 aromatic heterocycles. The van der Waals surface area contributed by atoms with Gasteiger partial charge in [0.25, 0.3) is 0 Å². The van der Waals surface area contributed by atoms with Crippen molar-refractivity contribution in [3.63, 3.8) is 0 Å². The maximum Gasteiger partial charge on any atom is 0.307 e. The van der Waals surface area contributed by atoms with Crippen LogP contribution in [0.5, 0.6) is 0 Å². The lowest BCUT2D eigenvalue weighted by Gasteiger charge is -2.30. The summed E-state index contributed by atoms with van der Waals surface area (Å²) in [5.41, 5.74) is 5.86. The molecule has 20 heavy (non-hydrogen) atoms. The molecule has 0 spiro atoms. The van der Waals surface area contributed by atoms with E-state index in [0.717, 1.165) is 32.1 Å². The van der Waals surface area contributed by atoms with Crippen LogP contribution in [0.25, 0.3) is 0 Å². The second-order valence-corrected chi connectivity index (χ2v) is 6.46. The van der Waals surface area contributed by atoms with Crippen LogP contribution < -0.4 is 11.1 Å². The van der Waals surface area contributed by atoms with Crippen molar-refractivity contribution in [2.24, 2.45) is 29.4 Å². The average molecular weight is 278 g/mol. The molecule has 2 fully saturated rings. The Hall–Kier alpha value is -1.36. The minimum absolute atomic E-state index is 0.0352. The number of aliphatic carboxylic acids is 1. The van der Waals surface area contributed by atoms with Crippen LogP contribution in [0.2, 0.25) is 0 Å². The summed E-state index contributed by atoms with van der Waals surface area (Å²) in [5.74, 6) is -1.71. The van der Waals surface area contributed by atoms with Crippen LogP contribution in [0, 0.1) is 23.7 Å². The third-order valence-electron chi connectivity index (χ3n) is 5.17. The van der Waals surface area contributed by atoms with Gasteiger partial charge in [-0.05, 0) is 43.9 Å². The van der Waals surface area contributed by atoms with Gasteiger partial charge in [0.2, 0.25) is 5.91 Å². The number of fused-ring (bicyclic) bond motifs is 2. The molecule has 4 N–H and O–H groups in total. The van der Waals surface area contributed by atoms with Gasteiger partial charge < -0.3 is 16.2 Å². The van der Waals surface area contributed by atoms with Crippen LogP contribution in [0.4, 0.5) is 0 Å². The molecule has 5 nitrogen and oxygen atoms in total. The normalized spacial score (nSPS) is 42.6. The average Bonchev–Trinajstić information content (AvgIpc) is 3.01. The summed E-state index contributed by atoms with van der Waals surface area (Å²) in [6.45, 7) is 0. The Balaban J connectivity index is 1.64. The molecular formula is C15H22N2O3. The Labute approximate surface area is 118 Å². The summed E-state index contributed by atoms with van der Waals surface area (Å²) in [4.78, 5) is 23.9. The SMILES string of the molecule is NC1CCC(NC(=O)[C@H]2C3C=CC(C3)[C@H]2C(=O)O)CC1. The zero-order valence-corrected chi connectivity index (χ0v) is 11.5. The number of hydrogen-bond acceptors (Lipinski definition) is 3. The molecule has 0 saturated heterocycles. The second kappa shape index (κ2) is 5.20. The van der Waals surface area contributed by atoms with Gasteiger partial charge in [0.1, 0.15) is 0 Å². The first-order chi connectivity index (χ1) is 9.56. The fourth-order valence-electron chi connectivity index (χ4n) is 4.08. The van der Waals surface area contributed by atoms with E-state index in [-0.39, 0.29) is 29.8 Å². The van der Waals surface area contributed by atoms with Crippen molar-refractivity contribution in [1.82, 2.24) is 5.32 Å². The molecule has 3 rings (SSSR count). The standard InChI is InChI=1S/C15H22N2O3/c16-10-3-5-11(6-4-10)17-14(18)12-8-1-2-9(7-8)13(12)15(19)20/h1-2,8-13H,3-7,16H2,(H,17,18)(H,19,20)/t8?,9?,10?,11?,12-,13+/m0/s1. The summed E-state index contributed by atoms with van der Waals surface area (Å²) in [6, 6.07) is 0.417. The van der Waals surface area contributed by atoms with E-state index in [4.69, 9.17) is 5.73 Å². The maximum atomic E-state index is 12.5. The summed E-state index contributed by atoms with van der Waals surface area (Å²) in [5, 5.41) is 12.4. The van der Waals surface area contributed by atoms with E-state index < -0.39 is 17.8 Å². The number of allylic oxidation sites excluding steroid dienone is 2. The van der Waals surface area contributed by atoms with Crippen molar-refractivity contribution in [2.75, 3.05) is 0 Å². The quantitative estimate of drug-likeness (QED) is 0.669. The molecule has 3 aliphatic carbocycles. The number of hydrogen-bond donors (Lipinski definition) is 3. The van der Waals surface area contributed by atoms with Gasteiger partial charge in [-0.15, -0.1) is 0 Å². The highest BCUT2D eigenvalue weighted by molar-refractivity contribution is 5.87. The first-order valence-corrected chi connectivity index (χ1v) is 7.53. The summed E-state index contributed by atoms with van der Waals surface area (Å²) >= 11 is 0. The Morgan fingerprint density at radius 3 is 2.25 bits per heavy atom. The first-order valence-electron chi connectivity index (χ1n) is 7.53. The second-order valence-electron chi connectivity index (χ2n) is 6.46. The van der Waals surface area contributed by atoms with Crippen LogP contribution >= 0.6 is 0 Å². The molecule has 5 heteroatoms. The van der Waals surface area contributed by atoms with Crippen molar-refractivity contribution < 1.29 is 14.7 Å². The van der Waals surface area contributed by atoms with E-state index in [1.54, 1.807) is 0 Å². The number of carbonyl (C=O) groups excluding carboxylic acids is 1. The van der Waals surface area contributed by atoms with E-state index in [0.29, 0.717) is 0 Å². The van der Waals surface area contributed by atoms with Gasteiger partial charge in [-0.3, -0.25) is 9.59 Å². The van der Waals surface area contributed by atoms with Crippen molar-refractivity contribution in [3.8, 4) is 0 Å². The van der Waals surface area contributed by atoms with E-state index >= 15 is 0 Å². The van der Waals surface area contributed by atoms with Crippen molar-refractivity contribution in [2.45, 2.75) is 44.2 Å². The van der Waals surface area contributed by atoms with Gasteiger partial charge in [0.05, 0.1) is 11.8 Å². The van der Waals surface area contributed by atoms with E-state index in [2.05, 4.69) is 5.32 Å². The number of nitrogens with one attached hydrogen (secondary N) is 1. The van der Waals surface area contributed by atoms with Crippen LogP contribution in [0.1, 0.15) is 32.1 Å². The molecule has 2 bridgehead atoms. The van der Waals surface area contributed by atoms with Crippen molar-refractivity contribution in [1.29, 1.82) is 0 Å². The summed E-state index contributed by atoms with van der Waals surface area (Å²) in [7, 11) is 0. The van der Waals surface area contributed by atoms with Crippen LogP contribution in [-0.2, 0) is 9.59 Å². The number of carboxylic acids is 1. The summed E-state index contributed by atoms with van der Waals surface area (Å²) < 4.78 is 0. The van der Waals surface area contributed by atoms with Gasteiger partial charge in [0, 0.05) is 12.1 Å². The highest BCUT2D eigenvalue weighted by atomic mass is 16.4. The third-order valence-corrected chi connectivity index (χ3v) is 5.17. The Kier molecular flexibility index (Phi) is 3.54. The van der Waals surface area contributed by atoms with Crippen LogP contribution in [0.3, 0.4) is 0 Å². The zero-order valence-electron chi connectivity index (χ0n) is 11.5. The maximum absolute atomic E-state index is 12.5. The number of rotatable bonds is 3. The van der Waals surface area contributed by atoms with E-state index in [9.17, 15) is 14.7 Å². The van der Waals surface area contributed by atoms with Crippen LogP contribution in [-0.4, -0.2) is 29.1 Å². The van der Waals surface area contributed by atoms with Crippen LogP contribution in [0.15, 0.2) is 12.2 Å². The van der Waals surface area contributed by atoms with Crippen molar-refractivity contribution >= 4 is 11.9 Å². The molecule has 4 atom stereocenters. The lowest BCUT2D eigenvalue weighted by atomic mass is 9.82. The summed E-state index contributed by atoms with van der Waals surface area (Å²) in [6.07, 6.45) is 8.47. The van der Waals surface area contributed by atoms with Gasteiger partial charge in [-0.1, -0.05) is 12.2 Å². The minimum Gasteiger partial charge on any atom is -0.481 e. The highest BCUT2D eigenvalue weighted by Crippen LogP contribution is 2.48. The molecule has 0 aliphatic heterocycles. The molecule has 3 aliphatic rings. The number of carbonyl (C=O) groups is 2. The molecule has 0 aromatic rings. The Morgan fingerprint density at radius 1 is 1.05 bits per heavy atom. The molecular weight excluding hydrogens is 256 g/mol. The monoisotopic (exact) mass is 278 g/mol. The van der Waals surface area contributed by atoms with Gasteiger partial charge in [0.15, 0.2) is 0 Å². The van der Waals surface area contributed by atoms with E-state index in [1.165, 1.54) is 0 Å². The number of carboxylic acid groups (broad SMARTS) is 1. The largest absolute Gasteiger partial charge is 0.481 e. The topological polar surface area (TPSA) is 92.4 Å². The Morgan fingerprint density at radius 2 is 1.65 bits per heavy atom. The predicted molar refractivity (Wildman–Crippen MR) is 73.7 cm³/mol. The molecule has 0 radical (unpaired) electrons. The van der Waals surface area contributed by atoms with Gasteiger partial charge in [-0.2, -0.15) is 0 Å². The third kappa shape index (κ3) is 2.35. The fraction of sp³-hybridized carbons (Fsp3) is 0.733. The zero-order chi connectivity index (χ0) is 14.3. The number of amides is 1. The van der Waals surface area contributed by atoms with Crippen molar-refractivity contribution in [3.05, 3.63) is 12.2 Å². The lowest BCUT2D eigenvalue weighted by molar-refractivity contribution is -0.148. The fourth-order valence-corrected chi connectivity index (χ4v) is 4.08. The minimum atomic E-state index is -0.840. The molecule has 1 amide bonds. The van der Waals surface area contributed by atoms with Gasteiger partial charge >= 0.3 is 5.97 Å². The molecule has 2 saturated carbocycles. The lowest BCUT2D eigenvalue weighted by Crippen LogP contribution is -2.46. The van der Waals surface area contributed by atoms with Gasteiger partial charge in [-0.25, -0.2) is 0 Å². The first kappa shape index (κ1) is 13.6. The predicted octanol–water partition coefficient (Wildman–Crippen LogP) is 0.895.